The molecule has 1 amide bonds. The van der Waals surface area contributed by atoms with Crippen molar-refractivity contribution in [3.05, 3.63) is 53.1 Å². The fraction of sp³-hybridized carbons (Fsp3) is 0.211. The largest absolute Gasteiger partial charge is 0.493 e. The lowest BCUT2D eigenvalue weighted by Crippen LogP contribution is -2.15. The maximum absolute atomic E-state index is 12.2. The molecular formula is C19H21ClN2O3. The van der Waals surface area contributed by atoms with Gasteiger partial charge in [-0.05, 0) is 42.0 Å². The predicted octanol–water partition coefficient (Wildman–Crippen LogP) is 4.08. The average molecular weight is 361 g/mol. The van der Waals surface area contributed by atoms with Crippen molar-refractivity contribution < 1.29 is 14.3 Å². The Morgan fingerprint density at radius 2 is 1.80 bits per heavy atom. The van der Waals surface area contributed by atoms with Crippen molar-refractivity contribution in [3.8, 4) is 11.5 Å². The number of rotatable bonds is 6. The Bertz CT molecular complexity index is 788. The number of nitrogens with one attached hydrogen (secondary N) is 1. The Morgan fingerprint density at radius 3 is 2.44 bits per heavy atom. The Hall–Kier alpha value is -2.66. The zero-order valence-electron chi connectivity index (χ0n) is 14.7. The summed E-state index contributed by atoms with van der Waals surface area (Å²) in [6.07, 6.45) is 3.17. The Morgan fingerprint density at radius 1 is 1.08 bits per heavy atom. The number of ether oxygens (including phenoxy) is 2. The molecule has 0 saturated carbocycles. The van der Waals surface area contributed by atoms with E-state index in [1.165, 1.54) is 6.08 Å². The van der Waals surface area contributed by atoms with E-state index in [1.54, 1.807) is 44.6 Å². The predicted molar refractivity (Wildman–Crippen MR) is 103 cm³/mol. The summed E-state index contributed by atoms with van der Waals surface area (Å²) in [5.74, 6) is 0.994. The SMILES string of the molecule is COc1ccc(C=CC(=O)Nc2cc(Cl)ccc2N(C)C)cc1OC. The number of methoxy groups -OCH3 is 2. The third-order valence-electron chi connectivity index (χ3n) is 3.53. The van der Waals surface area contributed by atoms with Gasteiger partial charge in [-0.1, -0.05) is 17.7 Å². The monoisotopic (exact) mass is 360 g/mol. The molecule has 132 valence electrons. The molecule has 2 aromatic rings. The maximum Gasteiger partial charge on any atom is 0.248 e. The number of halogens is 1. The minimum absolute atomic E-state index is 0.250. The summed E-state index contributed by atoms with van der Waals surface area (Å²) in [5, 5.41) is 3.41. The van der Waals surface area contributed by atoms with Crippen LogP contribution in [0.5, 0.6) is 11.5 Å². The van der Waals surface area contributed by atoms with Gasteiger partial charge in [0.1, 0.15) is 0 Å². The number of nitrogens with zero attached hydrogens (tertiary/aromatic N) is 1. The van der Waals surface area contributed by atoms with Crippen molar-refractivity contribution >= 4 is 35.0 Å². The Labute approximate surface area is 152 Å². The molecule has 0 bridgehead atoms. The first-order valence-corrected chi connectivity index (χ1v) is 8.00. The van der Waals surface area contributed by atoms with E-state index in [1.807, 2.05) is 31.1 Å². The van der Waals surface area contributed by atoms with E-state index in [4.69, 9.17) is 21.1 Å². The van der Waals surface area contributed by atoms with Crippen molar-refractivity contribution in [3.63, 3.8) is 0 Å². The number of carbonyl (C=O) groups is 1. The summed E-state index contributed by atoms with van der Waals surface area (Å²) >= 11 is 6.03. The minimum atomic E-state index is -0.250. The quantitative estimate of drug-likeness (QED) is 0.789. The molecule has 0 atom stereocenters. The molecule has 2 aromatic carbocycles. The van der Waals surface area contributed by atoms with Crippen LogP contribution >= 0.6 is 11.6 Å². The van der Waals surface area contributed by atoms with Gasteiger partial charge in [0.25, 0.3) is 0 Å². The normalized spacial score (nSPS) is 10.6. The highest BCUT2D eigenvalue weighted by atomic mass is 35.5. The van der Waals surface area contributed by atoms with E-state index >= 15 is 0 Å². The fourth-order valence-corrected chi connectivity index (χ4v) is 2.47. The molecule has 5 nitrogen and oxygen atoms in total. The van der Waals surface area contributed by atoms with E-state index in [-0.39, 0.29) is 5.91 Å². The van der Waals surface area contributed by atoms with Gasteiger partial charge in [-0.3, -0.25) is 4.79 Å². The first-order valence-electron chi connectivity index (χ1n) is 7.62. The lowest BCUT2D eigenvalue weighted by atomic mass is 10.2. The van der Waals surface area contributed by atoms with Crippen LogP contribution in [0, 0.1) is 0 Å². The summed E-state index contributed by atoms with van der Waals surface area (Å²) in [5.41, 5.74) is 2.35. The van der Waals surface area contributed by atoms with E-state index in [2.05, 4.69) is 5.32 Å². The summed E-state index contributed by atoms with van der Waals surface area (Å²) in [4.78, 5) is 14.1. The molecule has 0 fully saturated rings. The topological polar surface area (TPSA) is 50.8 Å². The standard InChI is InChI=1S/C19H21ClN2O3/c1-22(2)16-8-7-14(20)12-15(16)21-19(23)10-6-13-5-9-17(24-3)18(11-13)25-4/h5-12H,1-4H3,(H,21,23). The van der Waals surface area contributed by atoms with E-state index in [0.29, 0.717) is 22.2 Å². The molecular weight excluding hydrogens is 340 g/mol. The van der Waals surface area contributed by atoms with Crippen LogP contribution < -0.4 is 19.7 Å². The fourth-order valence-electron chi connectivity index (χ4n) is 2.30. The van der Waals surface area contributed by atoms with Crippen LogP contribution in [0.4, 0.5) is 11.4 Å². The Balaban J connectivity index is 2.15. The molecule has 25 heavy (non-hydrogen) atoms. The van der Waals surface area contributed by atoms with Crippen LogP contribution in [0.2, 0.25) is 5.02 Å². The summed E-state index contributed by atoms with van der Waals surface area (Å²) < 4.78 is 10.5. The van der Waals surface area contributed by atoms with Gasteiger partial charge in [-0.25, -0.2) is 0 Å². The van der Waals surface area contributed by atoms with Crippen molar-refractivity contribution in [1.29, 1.82) is 0 Å². The molecule has 0 aliphatic carbocycles. The van der Waals surface area contributed by atoms with Crippen LogP contribution in [-0.4, -0.2) is 34.2 Å². The second-order valence-corrected chi connectivity index (χ2v) is 5.93. The average Bonchev–Trinajstić information content (AvgIpc) is 2.59. The molecule has 0 heterocycles. The molecule has 6 heteroatoms. The first kappa shape index (κ1) is 18.7. The molecule has 0 spiro atoms. The number of carbonyl (C=O) groups excluding carboxylic acids is 1. The van der Waals surface area contributed by atoms with Crippen molar-refractivity contribution in [2.24, 2.45) is 0 Å². The van der Waals surface area contributed by atoms with Crippen LogP contribution in [0.15, 0.2) is 42.5 Å². The number of hydrogen-bond donors (Lipinski definition) is 1. The summed E-state index contributed by atoms with van der Waals surface area (Å²) in [6, 6.07) is 10.8. The van der Waals surface area contributed by atoms with Gasteiger partial charge in [-0.2, -0.15) is 0 Å². The van der Waals surface area contributed by atoms with Crippen molar-refractivity contribution in [2.45, 2.75) is 0 Å². The van der Waals surface area contributed by atoms with Crippen LogP contribution in [0.1, 0.15) is 5.56 Å². The molecule has 1 N–H and O–H groups in total. The molecule has 2 rings (SSSR count). The van der Waals surface area contributed by atoms with Crippen LogP contribution in [0.3, 0.4) is 0 Å². The second kappa shape index (κ2) is 8.44. The number of anilines is 2. The third kappa shape index (κ3) is 4.90. The van der Waals surface area contributed by atoms with Gasteiger partial charge in [-0.15, -0.1) is 0 Å². The van der Waals surface area contributed by atoms with Gasteiger partial charge in [0.15, 0.2) is 11.5 Å². The second-order valence-electron chi connectivity index (χ2n) is 5.49. The molecule has 0 aliphatic rings. The van der Waals surface area contributed by atoms with E-state index in [0.717, 1.165) is 11.3 Å². The van der Waals surface area contributed by atoms with Crippen molar-refractivity contribution in [2.75, 3.05) is 38.5 Å². The smallest absolute Gasteiger partial charge is 0.248 e. The van der Waals surface area contributed by atoms with Crippen LogP contribution in [-0.2, 0) is 4.79 Å². The summed E-state index contributed by atoms with van der Waals surface area (Å²) in [6.45, 7) is 0. The summed E-state index contributed by atoms with van der Waals surface area (Å²) in [7, 11) is 6.95. The van der Waals surface area contributed by atoms with Gasteiger partial charge in [0.05, 0.1) is 25.6 Å². The number of benzene rings is 2. The van der Waals surface area contributed by atoms with Gasteiger partial charge in [0.2, 0.25) is 5.91 Å². The highest BCUT2D eigenvalue weighted by Crippen LogP contribution is 2.29. The van der Waals surface area contributed by atoms with Crippen LogP contribution in [0.25, 0.3) is 6.08 Å². The van der Waals surface area contributed by atoms with Gasteiger partial charge < -0.3 is 19.7 Å². The number of hydrogen-bond acceptors (Lipinski definition) is 4. The zero-order valence-corrected chi connectivity index (χ0v) is 15.4. The molecule has 0 aromatic heterocycles. The van der Waals surface area contributed by atoms with Crippen molar-refractivity contribution in [1.82, 2.24) is 0 Å². The van der Waals surface area contributed by atoms with Gasteiger partial charge >= 0.3 is 0 Å². The third-order valence-corrected chi connectivity index (χ3v) is 3.77. The van der Waals surface area contributed by atoms with Gasteiger partial charge in [0, 0.05) is 25.2 Å². The van der Waals surface area contributed by atoms with E-state index < -0.39 is 0 Å². The molecule has 0 radical (unpaired) electrons. The molecule has 0 aliphatic heterocycles. The zero-order chi connectivity index (χ0) is 18.4. The minimum Gasteiger partial charge on any atom is -0.493 e. The highest BCUT2D eigenvalue weighted by Gasteiger charge is 2.08. The highest BCUT2D eigenvalue weighted by molar-refractivity contribution is 6.31. The van der Waals surface area contributed by atoms with E-state index in [9.17, 15) is 4.79 Å². The lowest BCUT2D eigenvalue weighted by Gasteiger charge is -2.17. The first-order chi connectivity index (χ1) is 11.9. The number of amides is 1. The molecule has 0 unspecified atom stereocenters. The lowest BCUT2D eigenvalue weighted by molar-refractivity contribution is -0.111. The Kier molecular flexibility index (Phi) is 6.31. The molecule has 0 saturated heterocycles. The maximum atomic E-state index is 12.2.